The summed E-state index contributed by atoms with van der Waals surface area (Å²) in [6, 6.07) is 14.2. The second-order valence-electron chi connectivity index (χ2n) is 6.06. The van der Waals surface area contributed by atoms with Crippen LogP contribution in [0.15, 0.2) is 48.5 Å². The first kappa shape index (κ1) is 19.5. The fraction of sp³-hybridized carbons (Fsp3) is 0.333. The van der Waals surface area contributed by atoms with Crippen molar-refractivity contribution in [3.05, 3.63) is 54.1 Å². The molecular formula is C21H26N2O3. The van der Waals surface area contributed by atoms with Crippen LogP contribution in [-0.4, -0.2) is 18.4 Å². The van der Waals surface area contributed by atoms with Gasteiger partial charge in [0.1, 0.15) is 5.75 Å². The van der Waals surface area contributed by atoms with Gasteiger partial charge in [0.15, 0.2) is 0 Å². The van der Waals surface area contributed by atoms with Crippen molar-refractivity contribution in [2.45, 2.75) is 39.5 Å². The van der Waals surface area contributed by atoms with Gasteiger partial charge in [0.25, 0.3) is 5.91 Å². The predicted molar refractivity (Wildman–Crippen MR) is 105 cm³/mol. The maximum Gasteiger partial charge on any atom is 0.255 e. The summed E-state index contributed by atoms with van der Waals surface area (Å²) < 4.78 is 5.64. The third kappa shape index (κ3) is 6.24. The Bertz CT molecular complexity index is 726. The van der Waals surface area contributed by atoms with Crippen molar-refractivity contribution in [2.24, 2.45) is 0 Å². The third-order valence-electron chi connectivity index (χ3n) is 3.77. The Morgan fingerprint density at radius 2 is 1.62 bits per heavy atom. The summed E-state index contributed by atoms with van der Waals surface area (Å²) in [6.07, 6.45) is 3.35. The van der Waals surface area contributed by atoms with Crippen LogP contribution in [0.1, 0.15) is 49.9 Å². The topological polar surface area (TPSA) is 67.4 Å². The van der Waals surface area contributed by atoms with Gasteiger partial charge in [0.05, 0.1) is 6.61 Å². The van der Waals surface area contributed by atoms with Gasteiger partial charge in [-0.3, -0.25) is 9.59 Å². The lowest BCUT2D eigenvalue weighted by Gasteiger charge is -2.09. The quantitative estimate of drug-likeness (QED) is 0.632. The van der Waals surface area contributed by atoms with E-state index in [1.54, 1.807) is 36.4 Å². The Kier molecular flexibility index (Phi) is 7.68. The highest BCUT2D eigenvalue weighted by Crippen LogP contribution is 2.18. The van der Waals surface area contributed by atoms with Crippen molar-refractivity contribution >= 4 is 23.2 Å². The molecule has 0 aliphatic rings. The molecule has 0 aliphatic heterocycles. The maximum atomic E-state index is 12.4. The minimum Gasteiger partial charge on any atom is -0.494 e. The molecule has 138 valence electrons. The van der Waals surface area contributed by atoms with Crippen LogP contribution >= 0.6 is 0 Å². The number of hydrogen-bond acceptors (Lipinski definition) is 3. The van der Waals surface area contributed by atoms with E-state index in [2.05, 4.69) is 17.6 Å². The SMILES string of the molecule is CCCCOc1cccc(C(=O)Nc2ccc(NC(=O)CCC)cc2)c1. The van der Waals surface area contributed by atoms with E-state index in [-0.39, 0.29) is 11.8 Å². The van der Waals surface area contributed by atoms with E-state index in [4.69, 9.17) is 4.74 Å². The van der Waals surface area contributed by atoms with Crippen LogP contribution in [0.4, 0.5) is 11.4 Å². The Hall–Kier alpha value is -2.82. The normalized spacial score (nSPS) is 10.2. The van der Waals surface area contributed by atoms with E-state index >= 15 is 0 Å². The smallest absolute Gasteiger partial charge is 0.255 e. The summed E-state index contributed by atoms with van der Waals surface area (Å²) in [5, 5.41) is 5.67. The lowest BCUT2D eigenvalue weighted by atomic mass is 10.2. The van der Waals surface area contributed by atoms with Crippen LogP contribution in [0, 0.1) is 0 Å². The molecular weight excluding hydrogens is 328 g/mol. The van der Waals surface area contributed by atoms with E-state index in [0.717, 1.165) is 19.3 Å². The molecule has 2 aromatic carbocycles. The number of ether oxygens (including phenoxy) is 1. The highest BCUT2D eigenvalue weighted by Gasteiger charge is 2.08. The van der Waals surface area contributed by atoms with Crippen molar-refractivity contribution in [3.63, 3.8) is 0 Å². The van der Waals surface area contributed by atoms with Gasteiger partial charge in [0.2, 0.25) is 5.91 Å². The number of nitrogens with one attached hydrogen (secondary N) is 2. The number of carbonyl (C=O) groups excluding carboxylic acids is 2. The van der Waals surface area contributed by atoms with Gasteiger partial charge < -0.3 is 15.4 Å². The second-order valence-corrected chi connectivity index (χ2v) is 6.06. The lowest BCUT2D eigenvalue weighted by Crippen LogP contribution is -2.13. The molecule has 0 aliphatic carbocycles. The Labute approximate surface area is 154 Å². The first-order valence-corrected chi connectivity index (χ1v) is 9.06. The van der Waals surface area contributed by atoms with Gasteiger partial charge in [-0.05, 0) is 55.3 Å². The summed E-state index contributed by atoms with van der Waals surface area (Å²) in [5.74, 6) is 0.484. The summed E-state index contributed by atoms with van der Waals surface area (Å²) >= 11 is 0. The Morgan fingerprint density at radius 1 is 0.923 bits per heavy atom. The number of amides is 2. The van der Waals surface area contributed by atoms with Gasteiger partial charge in [-0.2, -0.15) is 0 Å². The molecule has 0 saturated heterocycles. The molecule has 5 heteroatoms. The predicted octanol–water partition coefficient (Wildman–Crippen LogP) is 4.86. The molecule has 0 fully saturated rings. The zero-order valence-corrected chi connectivity index (χ0v) is 15.4. The zero-order chi connectivity index (χ0) is 18.8. The molecule has 0 unspecified atom stereocenters. The Morgan fingerprint density at radius 3 is 2.27 bits per heavy atom. The molecule has 0 radical (unpaired) electrons. The monoisotopic (exact) mass is 354 g/mol. The van der Waals surface area contributed by atoms with E-state index < -0.39 is 0 Å². The number of benzene rings is 2. The van der Waals surface area contributed by atoms with Crippen LogP contribution in [0.2, 0.25) is 0 Å². The average molecular weight is 354 g/mol. The van der Waals surface area contributed by atoms with E-state index in [9.17, 15) is 9.59 Å². The summed E-state index contributed by atoms with van der Waals surface area (Å²) in [4.78, 5) is 24.0. The summed E-state index contributed by atoms with van der Waals surface area (Å²) in [5.41, 5.74) is 1.92. The van der Waals surface area contributed by atoms with Crippen molar-refractivity contribution in [2.75, 3.05) is 17.2 Å². The molecule has 2 aromatic rings. The average Bonchev–Trinajstić information content (AvgIpc) is 2.64. The largest absolute Gasteiger partial charge is 0.494 e. The van der Waals surface area contributed by atoms with Crippen LogP contribution < -0.4 is 15.4 Å². The molecule has 5 nitrogen and oxygen atoms in total. The highest BCUT2D eigenvalue weighted by molar-refractivity contribution is 6.04. The van der Waals surface area contributed by atoms with Gasteiger partial charge in [-0.15, -0.1) is 0 Å². The van der Waals surface area contributed by atoms with E-state index in [1.165, 1.54) is 0 Å². The van der Waals surface area contributed by atoms with Crippen molar-refractivity contribution in [1.82, 2.24) is 0 Å². The molecule has 0 heterocycles. The van der Waals surface area contributed by atoms with Gasteiger partial charge >= 0.3 is 0 Å². The number of carbonyl (C=O) groups is 2. The molecule has 2 amide bonds. The molecule has 2 rings (SSSR count). The number of hydrogen-bond donors (Lipinski definition) is 2. The fourth-order valence-electron chi connectivity index (χ4n) is 2.35. The molecule has 0 atom stereocenters. The van der Waals surface area contributed by atoms with Crippen molar-refractivity contribution in [1.29, 1.82) is 0 Å². The molecule has 0 spiro atoms. The van der Waals surface area contributed by atoms with Crippen LogP contribution in [0.25, 0.3) is 0 Å². The number of anilines is 2. The zero-order valence-electron chi connectivity index (χ0n) is 15.4. The Balaban J connectivity index is 1.94. The van der Waals surface area contributed by atoms with Gasteiger partial charge in [-0.1, -0.05) is 26.3 Å². The third-order valence-corrected chi connectivity index (χ3v) is 3.77. The molecule has 0 bridgehead atoms. The first-order valence-electron chi connectivity index (χ1n) is 9.06. The fourth-order valence-corrected chi connectivity index (χ4v) is 2.35. The van der Waals surface area contributed by atoms with Gasteiger partial charge in [0, 0.05) is 23.4 Å². The summed E-state index contributed by atoms with van der Waals surface area (Å²) in [6.45, 7) is 4.71. The first-order chi connectivity index (χ1) is 12.6. The van der Waals surface area contributed by atoms with Crippen molar-refractivity contribution < 1.29 is 14.3 Å². The highest BCUT2D eigenvalue weighted by atomic mass is 16.5. The van der Waals surface area contributed by atoms with Gasteiger partial charge in [-0.25, -0.2) is 0 Å². The molecule has 0 saturated carbocycles. The van der Waals surface area contributed by atoms with Crippen LogP contribution in [0.5, 0.6) is 5.75 Å². The van der Waals surface area contributed by atoms with E-state index in [0.29, 0.717) is 35.7 Å². The minimum atomic E-state index is -0.200. The van der Waals surface area contributed by atoms with E-state index in [1.807, 2.05) is 19.1 Å². The molecule has 26 heavy (non-hydrogen) atoms. The number of unbranched alkanes of at least 4 members (excludes halogenated alkanes) is 1. The minimum absolute atomic E-state index is 0.0100. The second kappa shape index (κ2) is 10.2. The van der Waals surface area contributed by atoms with Crippen LogP contribution in [-0.2, 0) is 4.79 Å². The van der Waals surface area contributed by atoms with Crippen molar-refractivity contribution in [3.8, 4) is 5.75 Å². The summed E-state index contributed by atoms with van der Waals surface area (Å²) in [7, 11) is 0. The van der Waals surface area contributed by atoms with Crippen LogP contribution in [0.3, 0.4) is 0 Å². The molecule has 2 N–H and O–H groups in total. The number of rotatable bonds is 9. The lowest BCUT2D eigenvalue weighted by molar-refractivity contribution is -0.116. The maximum absolute atomic E-state index is 12.4. The standard InChI is InChI=1S/C21H26N2O3/c1-3-5-14-26-19-9-6-8-16(15-19)21(25)23-18-12-10-17(11-13-18)22-20(24)7-4-2/h6,8-13,15H,3-5,7,14H2,1-2H3,(H,22,24)(H,23,25). The molecule has 0 aromatic heterocycles.